The summed E-state index contributed by atoms with van der Waals surface area (Å²) in [5.41, 5.74) is 1.61. The van der Waals surface area contributed by atoms with Crippen LogP contribution in [0.25, 0.3) is 0 Å². The highest BCUT2D eigenvalue weighted by molar-refractivity contribution is 5.93. The summed E-state index contributed by atoms with van der Waals surface area (Å²) in [5, 5.41) is 9.69. The summed E-state index contributed by atoms with van der Waals surface area (Å²) in [6.07, 6.45) is 8.92. The Morgan fingerprint density at radius 3 is 2.75 bits per heavy atom. The first-order valence-corrected chi connectivity index (χ1v) is 7.56. The molecule has 3 nitrogen and oxygen atoms in total. The van der Waals surface area contributed by atoms with Crippen molar-refractivity contribution < 1.29 is 14.7 Å². The minimum absolute atomic E-state index is 0.0992. The lowest BCUT2D eigenvalue weighted by molar-refractivity contribution is -0.158. The normalized spacial score (nSPS) is 40.3. The number of carbonyl (C=O) groups excluding carboxylic acids is 1. The molecule has 3 heteroatoms. The number of rotatable bonds is 1. The topological polar surface area (TPSA) is 54.4 Å². The fraction of sp³-hybridized carbons (Fsp3) is 0.647. The monoisotopic (exact) mass is 274 g/mol. The fourth-order valence-corrected chi connectivity index (χ4v) is 4.70. The van der Waals surface area contributed by atoms with E-state index in [1.54, 1.807) is 6.08 Å². The lowest BCUT2D eigenvalue weighted by Crippen LogP contribution is -2.50. The highest BCUT2D eigenvalue weighted by atomic mass is 16.4. The van der Waals surface area contributed by atoms with E-state index in [2.05, 4.69) is 13.0 Å². The van der Waals surface area contributed by atoms with E-state index in [-0.39, 0.29) is 17.1 Å². The minimum atomic E-state index is -0.687. The van der Waals surface area contributed by atoms with Gasteiger partial charge in [0.2, 0.25) is 0 Å². The molecule has 0 aliphatic heterocycles. The molecule has 3 rings (SSSR count). The second kappa shape index (κ2) is 4.31. The van der Waals surface area contributed by atoms with E-state index in [1.807, 2.05) is 6.92 Å². The van der Waals surface area contributed by atoms with Gasteiger partial charge in [0.05, 0.1) is 5.41 Å². The predicted octanol–water partition coefficient (Wildman–Crippen LogP) is 3.50. The largest absolute Gasteiger partial charge is 0.481 e. The molecule has 0 unspecified atom stereocenters. The number of carboxylic acid groups (broad SMARTS) is 1. The first-order valence-electron chi connectivity index (χ1n) is 7.56. The Morgan fingerprint density at radius 2 is 2.05 bits per heavy atom. The van der Waals surface area contributed by atoms with E-state index >= 15 is 0 Å². The third-order valence-corrected chi connectivity index (χ3v) is 5.93. The van der Waals surface area contributed by atoms with E-state index in [0.29, 0.717) is 6.42 Å². The summed E-state index contributed by atoms with van der Waals surface area (Å²) >= 11 is 0. The van der Waals surface area contributed by atoms with Crippen LogP contribution < -0.4 is 0 Å². The van der Waals surface area contributed by atoms with Crippen LogP contribution in [0.3, 0.4) is 0 Å². The van der Waals surface area contributed by atoms with Gasteiger partial charge in [-0.15, -0.1) is 0 Å². The molecular weight excluding hydrogens is 252 g/mol. The summed E-state index contributed by atoms with van der Waals surface area (Å²) < 4.78 is 0. The van der Waals surface area contributed by atoms with Gasteiger partial charge in [-0.2, -0.15) is 0 Å². The van der Waals surface area contributed by atoms with Gasteiger partial charge in [0.25, 0.3) is 0 Å². The van der Waals surface area contributed by atoms with Crippen molar-refractivity contribution in [2.75, 3.05) is 0 Å². The smallest absolute Gasteiger partial charge is 0.309 e. The van der Waals surface area contributed by atoms with Gasteiger partial charge in [-0.3, -0.25) is 9.59 Å². The molecule has 1 saturated carbocycles. The molecular formula is C17H22O3. The molecule has 0 spiro atoms. The van der Waals surface area contributed by atoms with E-state index in [1.165, 1.54) is 5.57 Å². The molecule has 20 heavy (non-hydrogen) atoms. The first kappa shape index (κ1) is 13.6. The molecule has 3 aliphatic carbocycles. The van der Waals surface area contributed by atoms with Crippen molar-refractivity contribution in [3.05, 3.63) is 23.3 Å². The van der Waals surface area contributed by atoms with Gasteiger partial charge in [0.15, 0.2) is 5.78 Å². The Morgan fingerprint density at radius 1 is 1.30 bits per heavy atom. The molecule has 0 aromatic carbocycles. The Labute approximate surface area is 119 Å². The number of fused-ring (bicyclic) bond motifs is 3. The summed E-state index contributed by atoms with van der Waals surface area (Å²) in [6, 6.07) is 0. The van der Waals surface area contributed by atoms with Crippen LogP contribution in [0.2, 0.25) is 0 Å². The number of ketones is 1. The number of allylic oxidation sites excluding steroid dienone is 4. The zero-order valence-electron chi connectivity index (χ0n) is 12.2. The van der Waals surface area contributed by atoms with Crippen molar-refractivity contribution in [2.24, 2.45) is 16.7 Å². The molecule has 0 amide bonds. The molecule has 108 valence electrons. The second-order valence-electron chi connectivity index (χ2n) is 7.04. The average Bonchev–Trinajstić information content (AvgIpc) is 2.39. The molecule has 3 atom stereocenters. The maximum absolute atomic E-state index is 11.8. The molecule has 0 aromatic rings. The van der Waals surface area contributed by atoms with Crippen molar-refractivity contribution in [1.29, 1.82) is 0 Å². The van der Waals surface area contributed by atoms with E-state index in [0.717, 1.165) is 37.7 Å². The van der Waals surface area contributed by atoms with Gasteiger partial charge in [0, 0.05) is 6.42 Å². The molecule has 0 bridgehead atoms. The molecule has 1 N–H and O–H groups in total. The predicted molar refractivity (Wildman–Crippen MR) is 76.2 cm³/mol. The lowest BCUT2D eigenvalue weighted by Gasteiger charge is -2.54. The quantitative estimate of drug-likeness (QED) is 0.796. The van der Waals surface area contributed by atoms with Gasteiger partial charge in [-0.1, -0.05) is 19.4 Å². The van der Waals surface area contributed by atoms with Crippen LogP contribution in [0.4, 0.5) is 0 Å². The number of hydrogen-bond acceptors (Lipinski definition) is 2. The van der Waals surface area contributed by atoms with Gasteiger partial charge >= 0.3 is 5.97 Å². The number of hydrogen-bond donors (Lipinski definition) is 1. The SMILES string of the molecule is C[C@@]12CCC[C@](C)(C(=O)O)[C@@H]1CC=C1CCC(=O)C=C12. The fourth-order valence-electron chi connectivity index (χ4n) is 4.70. The van der Waals surface area contributed by atoms with Crippen molar-refractivity contribution >= 4 is 11.8 Å². The van der Waals surface area contributed by atoms with E-state index in [4.69, 9.17) is 0 Å². The summed E-state index contributed by atoms with van der Waals surface area (Å²) in [4.78, 5) is 23.6. The maximum Gasteiger partial charge on any atom is 0.309 e. The highest BCUT2D eigenvalue weighted by Crippen LogP contribution is 2.60. The van der Waals surface area contributed by atoms with E-state index in [9.17, 15) is 14.7 Å². The van der Waals surface area contributed by atoms with Crippen LogP contribution in [0, 0.1) is 16.7 Å². The molecule has 1 fully saturated rings. The Hall–Kier alpha value is -1.38. The van der Waals surface area contributed by atoms with E-state index < -0.39 is 11.4 Å². The highest BCUT2D eigenvalue weighted by Gasteiger charge is 2.55. The third kappa shape index (κ3) is 1.72. The van der Waals surface area contributed by atoms with Crippen LogP contribution in [0.5, 0.6) is 0 Å². The van der Waals surface area contributed by atoms with Crippen molar-refractivity contribution in [2.45, 2.75) is 52.4 Å². The summed E-state index contributed by atoms with van der Waals surface area (Å²) in [7, 11) is 0. The second-order valence-corrected chi connectivity index (χ2v) is 7.04. The van der Waals surface area contributed by atoms with Gasteiger partial charge < -0.3 is 5.11 Å². The van der Waals surface area contributed by atoms with Gasteiger partial charge in [0.1, 0.15) is 0 Å². The molecule has 0 aromatic heterocycles. The molecule has 3 aliphatic rings. The zero-order chi connectivity index (χ0) is 14.5. The molecule has 0 radical (unpaired) electrons. The van der Waals surface area contributed by atoms with Crippen molar-refractivity contribution in [3.8, 4) is 0 Å². The van der Waals surface area contributed by atoms with Gasteiger partial charge in [-0.25, -0.2) is 0 Å². The van der Waals surface area contributed by atoms with Crippen LogP contribution in [-0.4, -0.2) is 16.9 Å². The summed E-state index contributed by atoms with van der Waals surface area (Å²) in [6.45, 7) is 4.07. The molecule has 0 heterocycles. The lowest BCUT2D eigenvalue weighted by atomic mass is 9.49. The number of carbonyl (C=O) groups is 2. The Balaban J connectivity index is 2.11. The Bertz CT molecular complexity index is 542. The maximum atomic E-state index is 11.8. The summed E-state index contributed by atoms with van der Waals surface area (Å²) in [5.74, 6) is -0.392. The Kier molecular flexibility index (Phi) is 2.93. The van der Waals surface area contributed by atoms with Crippen LogP contribution in [0.1, 0.15) is 52.4 Å². The van der Waals surface area contributed by atoms with Crippen molar-refractivity contribution in [3.63, 3.8) is 0 Å². The standard InChI is InChI=1S/C17H22O3/c1-16-8-3-9-17(2,15(19)20)14(16)7-5-11-4-6-12(18)10-13(11)16/h5,10,14H,3-4,6-9H2,1-2H3,(H,19,20)/t14-,16+,17+/m1/s1. The minimum Gasteiger partial charge on any atom is -0.481 e. The molecule has 0 saturated heterocycles. The average molecular weight is 274 g/mol. The van der Waals surface area contributed by atoms with Crippen LogP contribution >= 0.6 is 0 Å². The first-order chi connectivity index (χ1) is 9.38. The zero-order valence-corrected chi connectivity index (χ0v) is 12.2. The van der Waals surface area contributed by atoms with Crippen LogP contribution in [-0.2, 0) is 9.59 Å². The van der Waals surface area contributed by atoms with Gasteiger partial charge in [-0.05, 0) is 61.2 Å². The third-order valence-electron chi connectivity index (χ3n) is 5.93. The van der Waals surface area contributed by atoms with Crippen molar-refractivity contribution in [1.82, 2.24) is 0 Å². The number of carboxylic acids is 1. The van der Waals surface area contributed by atoms with Crippen LogP contribution in [0.15, 0.2) is 23.3 Å². The number of aliphatic carboxylic acids is 1.